The lowest BCUT2D eigenvalue weighted by Gasteiger charge is -2.19. The number of fused-ring (bicyclic) bond motifs is 1. The van der Waals surface area contributed by atoms with Crippen LogP contribution in [-0.2, 0) is 32.0 Å². The predicted molar refractivity (Wildman–Crippen MR) is 129 cm³/mol. The van der Waals surface area contributed by atoms with E-state index in [0.29, 0.717) is 28.2 Å². The summed E-state index contributed by atoms with van der Waals surface area (Å²) >= 11 is 1.27. The van der Waals surface area contributed by atoms with Crippen molar-refractivity contribution in [2.75, 3.05) is 19.8 Å². The molecule has 0 atom stereocenters. The fourth-order valence-electron chi connectivity index (χ4n) is 3.70. The molecule has 0 aliphatic carbocycles. The van der Waals surface area contributed by atoms with Gasteiger partial charge in [-0.15, -0.1) is 11.3 Å². The van der Waals surface area contributed by atoms with E-state index < -0.39 is 23.2 Å². The minimum atomic E-state index is -0.772. The zero-order chi connectivity index (χ0) is 25.7. The third kappa shape index (κ3) is 5.73. The van der Waals surface area contributed by atoms with Crippen molar-refractivity contribution in [3.63, 3.8) is 0 Å². The van der Waals surface area contributed by atoms with E-state index in [-0.39, 0.29) is 48.7 Å². The largest absolute Gasteiger partial charge is 0.464 e. The second kappa shape index (κ2) is 11.2. The van der Waals surface area contributed by atoms with Gasteiger partial charge in [0.15, 0.2) is 0 Å². The second-order valence-corrected chi connectivity index (χ2v) is 8.59. The fourth-order valence-corrected chi connectivity index (χ4v) is 4.50. The van der Waals surface area contributed by atoms with E-state index in [1.165, 1.54) is 36.3 Å². The number of pyridine rings is 1. The van der Waals surface area contributed by atoms with Gasteiger partial charge in [-0.1, -0.05) is 6.92 Å². The molecule has 35 heavy (non-hydrogen) atoms. The maximum absolute atomic E-state index is 15.3. The molecule has 0 aliphatic rings. The van der Waals surface area contributed by atoms with Gasteiger partial charge in [-0.25, -0.2) is 14.2 Å². The van der Waals surface area contributed by atoms with Crippen LogP contribution >= 0.6 is 11.3 Å². The van der Waals surface area contributed by atoms with Gasteiger partial charge in [-0.2, -0.15) is 0 Å². The molecule has 1 N–H and O–H groups in total. The van der Waals surface area contributed by atoms with Crippen molar-refractivity contribution in [2.45, 2.75) is 40.7 Å². The minimum Gasteiger partial charge on any atom is -0.464 e. The van der Waals surface area contributed by atoms with Crippen LogP contribution in [0.1, 0.15) is 48.6 Å². The summed E-state index contributed by atoms with van der Waals surface area (Å²) < 4.78 is 25.2. The first-order valence-corrected chi connectivity index (χ1v) is 11.9. The molecule has 0 unspecified atom stereocenters. The number of hydrogen-bond acceptors (Lipinski definition) is 8. The van der Waals surface area contributed by atoms with E-state index in [1.54, 1.807) is 12.3 Å². The molecule has 0 saturated carbocycles. The summed E-state index contributed by atoms with van der Waals surface area (Å²) in [6, 6.07) is 1.10. The Kier molecular flexibility index (Phi) is 8.34. The van der Waals surface area contributed by atoms with Gasteiger partial charge in [0.1, 0.15) is 23.0 Å². The molecule has 2 heterocycles. The first-order valence-electron chi connectivity index (χ1n) is 11.0. The number of thiazole rings is 1. The van der Waals surface area contributed by atoms with Gasteiger partial charge < -0.3 is 19.4 Å². The summed E-state index contributed by atoms with van der Waals surface area (Å²) in [6.07, 6.45) is 1.68. The van der Waals surface area contributed by atoms with E-state index in [2.05, 4.69) is 9.97 Å². The number of nitrogens with one attached hydrogen (secondary N) is 1. The summed E-state index contributed by atoms with van der Waals surface area (Å²) in [7, 11) is 0. The van der Waals surface area contributed by atoms with Crippen LogP contribution in [-0.4, -0.2) is 52.5 Å². The number of carbonyl (C=O) groups is 3. The highest BCUT2D eigenvalue weighted by Gasteiger charge is 2.22. The number of hydrogen-bond donors (Lipinski definition) is 1. The highest BCUT2D eigenvalue weighted by Crippen LogP contribution is 2.33. The molecule has 3 aromatic rings. The molecule has 9 nitrogen and oxygen atoms in total. The lowest BCUT2D eigenvalue weighted by molar-refractivity contribution is -0.143. The van der Waals surface area contributed by atoms with Crippen molar-refractivity contribution in [1.29, 1.82) is 0 Å². The second-order valence-electron chi connectivity index (χ2n) is 7.65. The standard InChI is InChI=1S/C24H26FN3O6S/c1-5-15-21(18(25)9-16-22(15)26-10-17(23(16)31)24(32)33-6-2)19-12-35-20(27-19)11-28(13(3)29)7-8-34-14(4)30/h9-10,12H,5-8,11H2,1-4H3,(H,26,31). The van der Waals surface area contributed by atoms with Gasteiger partial charge in [-0.3, -0.25) is 14.4 Å². The van der Waals surface area contributed by atoms with Gasteiger partial charge in [0.2, 0.25) is 11.3 Å². The highest BCUT2D eigenvalue weighted by atomic mass is 32.1. The Bertz CT molecular complexity index is 1330. The smallest absolute Gasteiger partial charge is 0.343 e. The normalized spacial score (nSPS) is 10.9. The Morgan fingerprint density at radius 2 is 1.94 bits per heavy atom. The van der Waals surface area contributed by atoms with E-state index in [4.69, 9.17) is 9.47 Å². The lowest BCUT2D eigenvalue weighted by atomic mass is 9.97. The molecular weight excluding hydrogens is 477 g/mol. The quantitative estimate of drug-likeness (QED) is 0.444. The van der Waals surface area contributed by atoms with Crippen molar-refractivity contribution in [1.82, 2.24) is 14.9 Å². The Labute approximate surface area is 204 Å². The van der Waals surface area contributed by atoms with E-state index >= 15 is 4.39 Å². The highest BCUT2D eigenvalue weighted by molar-refractivity contribution is 7.09. The molecule has 1 aromatic carbocycles. The molecule has 0 spiro atoms. The molecule has 0 aliphatic heterocycles. The Morgan fingerprint density at radius 3 is 2.57 bits per heavy atom. The molecule has 186 valence electrons. The summed E-state index contributed by atoms with van der Waals surface area (Å²) in [5.41, 5.74) is 0.783. The third-order valence-corrected chi connectivity index (χ3v) is 6.16. The number of nitrogens with zero attached hydrogens (tertiary/aromatic N) is 2. The van der Waals surface area contributed by atoms with Crippen LogP contribution in [0.2, 0.25) is 0 Å². The van der Waals surface area contributed by atoms with Crippen molar-refractivity contribution >= 4 is 40.1 Å². The Hall–Kier alpha value is -3.60. The molecule has 2 aromatic heterocycles. The monoisotopic (exact) mass is 503 g/mol. The maximum atomic E-state index is 15.3. The van der Waals surface area contributed by atoms with Crippen LogP contribution in [0.15, 0.2) is 22.4 Å². The number of benzene rings is 1. The number of aromatic amines is 1. The van der Waals surface area contributed by atoms with Gasteiger partial charge in [-0.05, 0) is 25.0 Å². The molecule has 11 heteroatoms. The van der Waals surface area contributed by atoms with Crippen molar-refractivity contribution in [2.24, 2.45) is 0 Å². The van der Waals surface area contributed by atoms with E-state index in [9.17, 15) is 19.2 Å². The van der Waals surface area contributed by atoms with Crippen molar-refractivity contribution in [3.05, 3.63) is 49.8 Å². The molecule has 0 saturated heterocycles. The van der Waals surface area contributed by atoms with Crippen LogP contribution in [0.25, 0.3) is 22.2 Å². The van der Waals surface area contributed by atoms with Gasteiger partial charge >= 0.3 is 11.9 Å². The van der Waals surface area contributed by atoms with Crippen molar-refractivity contribution in [3.8, 4) is 11.3 Å². The van der Waals surface area contributed by atoms with E-state index in [1.807, 2.05) is 6.92 Å². The summed E-state index contributed by atoms with van der Waals surface area (Å²) in [5.74, 6) is -2.06. The number of carbonyl (C=O) groups excluding carboxylic acids is 3. The summed E-state index contributed by atoms with van der Waals surface area (Å²) in [6.45, 7) is 6.71. The number of aryl methyl sites for hydroxylation is 1. The minimum absolute atomic E-state index is 0.0531. The topological polar surface area (TPSA) is 119 Å². The number of amides is 1. The molecule has 3 rings (SSSR count). The predicted octanol–water partition coefficient (Wildman–Crippen LogP) is 3.44. The summed E-state index contributed by atoms with van der Waals surface area (Å²) in [5, 5.41) is 2.32. The zero-order valence-electron chi connectivity index (χ0n) is 19.9. The third-order valence-electron chi connectivity index (χ3n) is 5.33. The number of H-pyrrole nitrogens is 1. The summed E-state index contributed by atoms with van der Waals surface area (Å²) in [4.78, 5) is 56.9. The number of ether oxygens (including phenoxy) is 2. The fraction of sp³-hybridized carbons (Fsp3) is 0.375. The first kappa shape index (κ1) is 26.0. The Morgan fingerprint density at radius 1 is 1.20 bits per heavy atom. The van der Waals surface area contributed by atoms with Crippen LogP contribution in [0.5, 0.6) is 0 Å². The van der Waals surface area contributed by atoms with Crippen LogP contribution < -0.4 is 5.43 Å². The average molecular weight is 504 g/mol. The number of halogens is 1. The molecule has 1 amide bonds. The van der Waals surface area contributed by atoms with Crippen LogP contribution in [0.3, 0.4) is 0 Å². The SMILES string of the molecule is CCOC(=O)c1c[nH]c2c(CC)c(-c3csc(CN(CCOC(C)=O)C(C)=O)n3)c(F)cc2c1=O. The van der Waals surface area contributed by atoms with Crippen LogP contribution in [0.4, 0.5) is 4.39 Å². The average Bonchev–Trinajstić information content (AvgIpc) is 3.26. The van der Waals surface area contributed by atoms with Gasteiger partial charge in [0.05, 0.1) is 30.9 Å². The lowest BCUT2D eigenvalue weighted by Crippen LogP contribution is -2.31. The zero-order valence-corrected chi connectivity index (χ0v) is 20.7. The van der Waals surface area contributed by atoms with Crippen molar-refractivity contribution < 1.29 is 28.2 Å². The molecule has 0 fully saturated rings. The molecular formula is C24H26FN3O6S. The first-order chi connectivity index (χ1) is 16.7. The van der Waals surface area contributed by atoms with E-state index in [0.717, 1.165) is 6.07 Å². The number of aromatic nitrogens is 2. The van der Waals surface area contributed by atoms with Gasteiger partial charge in [0.25, 0.3) is 0 Å². The number of rotatable bonds is 9. The molecule has 0 bridgehead atoms. The Balaban J connectivity index is 1.98. The van der Waals surface area contributed by atoms with Gasteiger partial charge in [0, 0.05) is 36.4 Å². The maximum Gasteiger partial charge on any atom is 0.343 e. The van der Waals surface area contributed by atoms with Crippen LogP contribution in [0, 0.1) is 5.82 Å². The number of esters is 2. The molecule has 0 radical (unpaired) electrons.